The molecular weight excluding hydrogens is 174 g/mol. The molecule has 0 saturated heterocycles. The minimum atomic E-state index is -0.917. The summed E-state index contributed by atoms with van der Waals surface area (Å²) in [7, 11) is 0. The maximum Gasteiger partial charge on any atom is 0.156 e. The lowest BCUT2D eigenvalue weighted by atomic mass is 10.1. The number of pyridine rings is 1. The van der Waals surface area contributed by atoms with Crippen LogP contribution in [0.5, 0.6) is 0 Å². The van der Waals surface area contributed by atoms with Crippen molar-refractivity contribution in [3.05, 3.63) is 42.1 Å². The van der Waals surface area contributed by atoms with Crippen molar-refractivity contribution in [2.45, 2.75) is 6.10 Å². The summed E-state index contributed by atoms with van der Waals surface area (Å²) in [4.78, 5) is 4.25. The molecular formula is C12H9NO. The van der Waals surface area contributed by atoms with Gasteiger partial charge in [0.25, 0.3) is 0 Å². The fourth-order valence-electron chi connectivity index (χ4n) is 1.32. The van der Waals surface area contributed by atoms with Crippen LogP contribution in [0.3, 0.4) is 0 Å². The van der Waals surface area contributed by atoms with Crippen LogP contribution in [0.15, 0.2) is 36.4 Å². The molecule has 0 aliphatic rings. The van der Waals surface area contributed by atoms with E-state index in [4.69, 9.17) is 6.42 Å². The SMILES string of the molecule is C#C[C@H](O)c1ccc2ccccc2n1. The van der Waals surface area contributed by atoms with E-state index in [1.54, 1.807) is 6.07 Å². The largest absolute Gasteiger partial charge is 0.374 e. The van der Waals surface area contributed by atoms with Crippen LogP contribution in [-0.2, 0) is 0 Å². The lowest BCUT2D eigenvalue weighted by Crippen LogP contribution is -1.96. The average Bonchev–Trinajstić information content (AvgIpc) is 2.27. The van der Waals surface area contributed by atoms with Crippen molar-refractivity contribution in [2.24, 2.45) is 0 Å². The Kier molecular flexibility index (Phi) is 2.18. The van der Waals surface area contributed by atoms with Crippen molar-refractivity contribution < 1.29 is 5.11 Å². The predicted molar refractivity (Wildman–Crippen MR) is 55.5 cm³/mol. The van der Waals surface area contributed by atoms with E-state index in [1.165, 1.54) is 0 Å². The Labute approximate surface area is 82.2 Å². The van der Waals surface area contributed by atoms with E-state index in [9.17, 15) is 5.11 Å². The molecule has 0 aliphatic carbocycles. The Morgan fingerprint density at radius 1 is 1.21 bits per heavy atom. The highest BCUT2D eigenvalue weighted by Gasteiger charge is 2.04. The van der Waals surface area contributed by atoms with Gasteiger partial charge in [-0.05, 0) is 12.1 Å². The molecule has 2 nitrogen and oxygen atoms in total. The third-order valence-corrected chi connectivity index (χ3v) is 2.06. The number of aliphatic hydroxyl groups excluding tert-OH is 1. The molecule has 1 aromatic carbocycles. The summed E-state index contributed by atoms with van der Waals surface area (Å²) in [6.45, 7) is 0. The molecule has 14 heavy (non-hydrogen) atoms. The van der Waals surface area contributed by atoms with Crippen LogP contribution in [-0.4, -0.2) is 10.1 Å². The number of benzene rings is 1. The highest BCUT2D eigenvalue weighted by atomic mass is 16.3. The number of aliphatic hydroxyl groups is 1. The third-order valence-electron chi connectivity index (χ3n) is 2.06. The van der Waals surface area contributed by atoms with E-state index in [0.717, 1.165) is 10.9 Å². The van der Waals surface area contributed by atoms with Crippen molar-refractivity contribution in [3.8, 4) is 12.3 Å². The van der Waals surface area contributed by atoms with Gasteiger partial charge in [0.2, 0.25) is 0 Å². The zero-order valence-corrected chi connectivity index (χ0v) is 7.51. The number of fused-ring (bicyclic) bond motifs is 1. The lowest BCUT2D eigenvalue weighted by Gasteiger charge is -2.03. The summed E-state index contributed by atoms with van der Waals surface area (Å²) < 4.78 is 0. The van der Waals surface area contributed by atoms with Crippen LogP contribution < -0.4 is 0 Å². The van der Waals surface area contributed by atoms with Gasteiger partial charge in [-0.1, -0.05) is 30.2 Å². The number of rotatable bonds is 1. The summed E-state index contributed by atoms with van der Waals surface area (Å²) >= 11 is 0. The Bertz CT molecular complexity index is 499. The van der Waals surface area contributed by atoms with Gasteiger partial charge in [0.05, 0.1) is 11.2 Å². The highest BCUT2D eigenvalue weighted by Crippen LogP contribution is 2.15. The Balaban J connectivity index is 2.58. The van der Waals surface area contributed by atoms with Crippen molar-refractivity contribution in [1.82, 2.24) is 4.98 Å². The first-order valence-corrected chi connectivity index (χ1v) is 4.31. The molecule has 2 heteroatoms. The second kappa shape index (κ2) is 3.49. The highest BCUT2D eigenvalue weighted by molar-refractivity contribution is 5.78. The summed E-state index contributed by atoms with van der Waals surface area (Å²) in [5, 5.41) is 10.4. The van der Waals surface area contributed by atoms with Crippen LogP contribution in [0.4, 0.5) is 0 Å². The van der Waals surface area contributed by atoms with Crippen LogP contribution >= 0.6 is 0 Å². The quantitative estimate of drug-likeness (QED) is 0.685. The topological polar surface area (TPSA) is 33.1 Å². The van der Waals surface area contributed by atoms with E-state index < -0.39 is 6.10 Å². The van der Waals surface area contributed by atoms with Crippen molar-refractivity contribution >= 4 is 10.9 Å². The van der Waals surface area contributed by atoms with Crippen molar-refractivity contribution in [3.63, 3.8) is 0 Å². The maximum atomic E-state index is 9.39. The standard InChI is InChI=1S/C12H9NO/c1-2-12(14)11-8-7-9-5-3-4-6-10(9)13-11/h1,3-8,12,14H/t12-/m0/s1. The zero-order valence-electron chi connectivity index (χ0n) is 7.51. The molecule has 1 N–H and O–H groups in total. The van der Waals surface area contributed by atoms with E-state index >= 15 is 0 Å². The van der Waals surface area contributed by atoms with Gasteiger partial charge in [-0.2, -0.15) is 0 Å². The molecule has 0 bridgehead atoms. The Morgan fingerprint density at radius 2 is 2.00 bits per heavy atom. The van der Waals surface area contributed by atoms with Gasteiger partial charge in [0.1, 0.15) is 0 Å². The monoisotopic (exact) mass is 183 g/mol. The fourth-order valence-corrected chi connectivity index (χ4v) is 1.32. The van der Waals surface area contributed by atoms with Crippen molar-refractivity contribution in [1.29, 1.82) is 0 Å². The van der Waals surface area contributed by atoms with Crippen molar-refractivity contribution in [2.75, 3.05) is 0 Å². The lowest BCUT2D eigenvalue weighted by molar-refractivity contribution is 0.234. The van der Waals surface area contributed by atoms with Crippen LogP contribution in [0.1, 0.15) is 11.8 Å². The Morgan fingerprint density at radius 3 is 2.79 bits per heavy atom. The maximum absolute atomic E-state index is 9.39. The summed E-state index contributed by atoms with van der Waals surface area (Å²) in [5.41, 5.74) is 1.37. The summed E-state index contributed by atoms with van der Waals surface area (Å²) in [5.74, 6) is 2.24. The van der Waals surface area contributed by atoms with Crippen LogP contribution in [0.25, 0.3) is 10.9 Å². The number of aromatic nitrogens is 1. The third kappa shape index (κ3) is 1.46. The van der Waals surface area contributed by atoms with Gasteiger partial charge in [-0.15, -0.1) is 6.42 Å². The number of nitrogens with zero attached hydrogens (tertiary/aromatic N) is 1. The van der Waals surface area contributed by atoms with Gasteiger partial charge in [0, 0.05) is 5.39 Å². The smallest absolute Gasteiger partial charge is 0.156 e. The summed E-state index contributed by atoms with van der Waals surface area (Å²) in [6.07, 6.45) is 4.19. The fraction of sp³-hybridized carbons (Fsp3) is 0.0833. The number of hydrogen-bond acceptors (Lipinski definition) is 2. The normalized spacial score (nSPS) is 12.3. The molecule has 0 spiro atoms. The van der Waals surface area contributed by atoms with E-state index in [0.29, 0.717) is 5.69 Å². The number of hydrogen-bond donors (Lipinski definition) is 1. The minimum absolute atomic E-state index is 0.520. The van der Waals surface area contributed by atoms with E-state index in [-0.39, 0.29) is 0 Å². The molecule has 0 radical (unpaired) electrons. The van der Waals surface area contributed by atoms with Crippen LogP contribution in [0, 0.1) is 12.3 Å². The molecule has 1 atom stereocenters. The Hall–Kier alpha value is -1.85. The van der Waals surface area contributed by atoms with Gasteiger partial charge in [0.15, 0.2) is 6.10 Å². The molecule has 0 fully saturated rings. The second-order valence-electron chi connectivity index (χ2n) is 3.00. The molecule has 2 rings (SSSR count). The molecule has 68 valence electrons. The van der Waals surface area contributed by atoms with Gasteiger partial charge >= 0.3 is 0 Å². The minimum Gasteiger partial charge on any atom is -0.374 e. The predicted octanol–water partition coefficient (Wildman–Crippen LogP) is 1.90. The molecule has 0 amide bonds. The first kappa shape index (κ1) is 8.74. The number of para-hydroxylation sites is 1. The molecule has 1 aromatic heterocycles. The van der Waals surface area contributed by atoms with Crippen LogP contribution in [0.2, 0.25) is 0 Å². The average molecular weight is 183 g/mol. The first-order valence-electron chi connectivity index (χ1n) is 4.31. The molecule has 0 aliphatic heterocycles. The first-order chi connectivity index (χ1) is 6.81. The molecule has 0 saturated carbocycles. The zero-order chi connectivity index (χ0) is 9.97. The molecule has 2 aromatic rings. The van der Waals surface area contributed by atoms with Gasteiger partial charge in [-0.25, -0.2) is 4.98 Å². The van der Waals surface area contributed by atoms with E-state index in [2.05, 4.69) is 10.9 Å². The van der Waals surface area contributed by atoms with Gasteiger partial charge < -0.3 is 5.11 Å². The second-order valence-corrected chi connectivity index (χ2v) is 3.00. The molecule has 1 heterocycles. The number of terminal acetylenes is 1. The summed E-state index contributed by atoms with van der Waals surface area (Å²) in [6, 6.07) is 11.4. The van der Waals surface area contributed by atoms with Gasteiger partial charge in [-0.3, -0.25) is 0 Å². The van der Waals surface area contributed by atoms with E-state index in [1.807, 2.05) is 30.3 Å². The molecule has 0 unspecified atom stereocenters.